The molecule has 0 bridgehead atoms. The highest BCUT2D eigenvalue weighted by atomic mass is 19.1. The summed E-state index contributed by atoms with van der Waals surface area (Å²) < 4.78 is 27.7. The Balaban J connectivity index is 2.07. The van der Waals surface area contributed by atoms with Crippen molar-refractivity contribution in [3.8, 4) is 17.1 Å². The predicted molar refractivity (Wildman–Crippen MR) is 68.9 cm³/mol. The standard InChI is InChI=1S/C15H10F2N2/c16-12-3-1-11(2-4-12)15-18-9-10-19(15)14-7-5-13(17)6-8-14/h1-10H. The second kappa shape index (κ2) is 4.65. The van der Waals surface area contributed by atoms with Crippen LogP contribution in [0.2, 0.25) is 0 Å². The average molecular weight is 256 g/mol. The number of hydrogen-bond donors (Lipinski definition) is 0. The van der Waals surface area contributed by atoms with Crippen LogP contribution < -0.4 is 0 Å². The largest absolute Gasteiger partial charge is 0.300 e. The third-order valence-corrected chi connectivity index (χ3v) is 2.85. The molecule has 0 aliphatic rings. The monoisotopic (exact) mass is 256 g/mol. The van der Waals surface area contributed by atoms with Crippen LogP contribution in [0.15, 0.2) is 60.9 Å². The van der Waals surface area contributed by atoms with Gasteiger partial charge in [-0.05, 0) is 48.5 Å². The van der Waals surface area contributed by atoms with Crippen molar-refractivity contribution in [2.45, 2.75) is 0 Å². The molecule has 0 aliphatic heterocycles. The maximum Gasteiger partial charge on any atom is 0.144 e. The van der Waals surface area contributed by atoms with Gasteiger partial charge in [0.1, 0.15) is 17.5 Å². The molecule has 0 N–H and O–H groups in total. The summed E-state index contributed by atoms with van der Waals surface area (Å²) in [5, 5.41) is 0. The summed E-state index contributed by atoms with van der Waals surface area (Å²) >= 11 is 0. The van der Waals surface area contributed by atoms with Gasteiger partial charge in [0.05, 0.1) is 0 Å². The van der Waals surface area contributed by atoms with Gasteiger partial charge in [-0.25, -0.2) is 13.8 Å². The molecular formula is C15H10F2N2. The molecule has 0 unspecified atom stereocenters. The highest BCUT2D eigenvalue weighted by Crippen LogP contribution is 2.21. The third kappa shape index (κ3) is 2.25. The van der Waals surface area contributed by atoms with Gasteiger partial charge in [-0.2, -0.15) is 0 Å². The van der Waals surface area contributed by atoms with Crippen molar-refractivity contribution in [3.05, 3.63) is 72.6 Å². The van der Waals surface area contributed by atoms with E-state index >= 15 is 0 Å². The smallest absolute Gasteiger partial charge is 0.144 e. The summed E-state index contributed by atoms with van der Waals surface area (Å²) in [6.07, 6.45) is 3.44. The Hall–Kier alpha value is -2.49. The lowest BCUT2D eigenvalue weighted by atomic mass is 10.2. The molecule has 0 spiro atoms. The van der Waals surface area contributed by atoms with Crippen LogP contribution in [0.5, 0.6) is 0 Å². The topological polar surface area (TPSA) is 17.8 Å². The van der Waals surface area contributed by atoms with Crippen molar-refractivity contribution in [2.24, 2.45) is 0 Å². The molecular weight excluding hydrogens is 246 g/mol. The summed E-state index contributed by atoms with van der Waals surface area (Å²) in [7, 11) is 0. The van der Waals surface area contributed by atoms with Gasteiger partial charge >= 0.3 is 0 Å². The molecule has 19 heavy (non-hydrogen) atoms. The fourth-order valence-corrected chi connectivity index (χ4v) is 1.93. The molecule has 94 valence electrons. The zero-order valence-electron chi connectivity index (χ0n) is 9.92. The Morgan fingerprint density at radius 2 is 1.37 bits per heavy atom. The molecule has 3 rings (SSSR count). The zero-order chi connectivity index (χ0) is 13.2. The van der Waals surface area contributed by atoms with E-state index < -0.39 is 0 Å². The summed E-state index contributed by atoms with van der Waals surface area (Å²) in [6, 6.07) is 12.2. The Labute approximate surface area is 109 Å². The van der Waals surface area contributed by atoms with E-state index in [1.807, 2.05) is 4.57 Å². The molecule has 0 fully saturated rings. The Kier molecular flexibility index (Phi) is 2.83. The number of nitrogens with zero attached hydrogens (tertiary/aromatic N) is 2. The molecule has 4 heteroatoms. The van der Waals surface area contributed by atoms with Crippen LogP contribution in [0, 0.1) is 11.6 Å². The first-order valence-corrected chi connectivity index (χ1v) is 5.79. The van der Waals surface area contributed by atoms with Gasteiger partial charge in [-0.15, -0.1) is 0 Å². The lowest BCUT2D eigenvalue weighted by molar-refractivity contribution is 0.627. The van der Waals surface area contributed by atoms with E-state index in [0.717, 1.165) is 11.3 Å². The summed E-state index contributed by atoms with van der Waals surface area (Å²) in [5.74, 6) is 0.113. The van der Waals surface area contributed by atoms with E-state index in [1.165, 1.54) is 24.3 Å². The van der Waals surface area contributed by atoms with Gasteiger partial charge in [-0.1, -0.05) is 0 Å². The van der Waals surface area contributed by atoms with Crippen molar-refractivity contribution in [1.29, 1.82) is 0 Å². The number of aromatic nitrogens is 2. The molecule has 2 aromatic carbocycles. The van der Waals surface area contributed by atoms with E-state index in [4.69, 9.17) is 0 Å². The lowest BCUT2D eigenvalue weighted by Crippen LogP contribution is -1.96. The van der Waals surface area contributed by atoms with Crippen molar-refractivity contribution < 1.29 is 8.78 Å². The minimum absolute atomic E-state index is 0.285. The van der Waals surface area contributed by atoms with Crippen molar-refractivity contribution in [2.75, 3.05) is 0 Å². The normalized spacial score (nSPS) is 10.6. The van der Waals surface area contributed by atoms with E-state index in [2.05, 4.69) is 4.98 Å². The molecule has 0 amide bonds. The van der Waals surface area contributed by atoms with E-state index in [9.17, 15) is 8.78 Å². The SMILES string of the molecule is Fc1ccc(-c2nccn2-c2ccc(F)cc2)cc1. The molecule has 0 saturated heterocycles. The zero-order valence-corrected chi connectivity index (χ0v) is 9.92. The minimum Gasteiger partial charge on any atom is -0.300 e. The Morgan fingerprint density at radius 3 is 2.00 bits per heavy atom. The van der Waals surface area contributed by atoms with Gasteiger partial charge in [0.15, 0.2) is 0 Å². The van der Waals surface area contributed by atoms with E-state index in [1.54, 1.807) is 36.7 Å². The number of benzene rings is 2. The maximum absolute atomic E-state index is 12.9. The number of halogens is 2. The second-order valence-electron chi connectivity index (χ2n) is 4.10. The third-order valence-electron chi connectivity index (χ3n) is 2.85. The fourth-order valence-electron chi connectivity index (χ4n) is 1.93. The summed E-state index contributed by atoms with van der Waals surface area (Å²) in [6.45, 7) is 0. The first kappa shape index (κ1) is 11.6. The van der Waals surface area contributed by atoms with Gasteiger partial charge in [0.2, 0.25) is 0 Å². The Morgan fingerprint density at radius 1 is 0.789 bits per heavy atom. The van der Waals surface area contributed by atoms with Gasteiger partial charge < -0.3 is 0 Å². The fraction of sp³-hybridized carbons (Fsp3) is 0. The van der Waals surface area contributed by atoms with Crippen molar-refractivity contribution in [1.82, 2.24) is 9.55 Å². The minimum atomic E-state index is -0.288. The number of hydrogen-bond acceptors (Lipinski definition) is 1. The lowest BCUT2D eigenvalue weighted by Gasteiger charge is -2.07. The van der Waals surface area contributed by atoms with Crippen LogP contribution in [-0.2, 0) is 0 Å². The predicted octanol–water partition coefficient (Wildman–Crippen LogP) is 3.82. The van der Waals surface area contributed by atoms with Crippen LogP contribution in [0.1, 0.15) is 0 Å². The molecule has 0 radical (unpaired) electrons. The van der Waals surface area contributed by atoms with Crippen LogP contribution in [0.25, 0.3) is 17.1 Å². The second-order valence-corrected chi connectivity index (χ2v) is 4.10. The molecule has 3 aromatic rings. The first-order chi connectivity index (χ1) is 9.24. The van der Waals surface area contributed by atoms with Crippen LogP contribution >= 0.6 is 0 Å². The Bertz CT molecular complexity index is 625. The van der Waals surface area contributed by atoms with Crippen molar-refractivity contribution >= 4 is 0 Å². The molecule has 0 saturated carbocycles. The van der Waals surface area contributed by atoms with Crippen LogP contribution in [0.4, 0.5) is 8.78 Å². The average Bonchev–Trinajstić information content (AvgIpc) is 2.90. The first-order valence-electron chi connectivity index (χ1n) is 5.79. The molecule has 1 aromatic heterocycles. The molecule has 0 aliphatic carbocycles. The van der Waals surface area contributed by atoms with Crippen LogP contribution in [-0.4, -0.2) is 9.55 Å². The molecule has 2 nitrogen and oxygen atoms in total. The van der Waals surface area contributed by atoms with Crippen LogP contribution in [0.3, 0.4) is 0 Å². The molecule has 0 atom stereocenters. The van der Waals surface area contributed by atoms with Crippen molar-refractivity contribution in [3.63, 3.8) is 0 Å². The van der Waals surface area contributed by atoms with E-state index in [0.29, 0.717) is 5.82 Å². The van der Waals surface area contributed by atoms with Gasteiger partial charge in [0.25, 0.3) is 0 Å². The molecule has 1 heterocycles. The quantitative estimate of drug-likeness (QED) is 0.681. The number of rotatable bonds is 2. The summed E-state index contributed by atoms with van der Waals surface area (Å²) in [4.78, 5) is 4.26. The maximum atomic E-state index is 12.9. The highest BCUT2D eigenvalue weighted by molar-refractivity contribution is 5.58. The van der Waals surface area contributed by atoms with Gasteiger partial charge in [0, 0.05) is 23.6 Å². The number of imidazole rings is 1. The van der Waals surface area contributed by atoms with E-state index in [-0.39, 0.29) is 11.6 Å². The van der Waals surface area contributed by atoms with Gasteiger partial charge in [-0.3, -0.25) is 4.57 Å². The summed E-state index contributed by atoms with van der Waals surface area (Å²) in [5.41, 5.74) is 1.61. The highest BCUT2D eigenvalue weighted by Gasteiger charge is 2.07.